The zero-order chi connectivity index (χ0) is 15.4. The summed E-state index contributed by atoms with van der Waals surface area (Å²) in [4.78, 5) is 27.5. The van der Waals surface area contributed by atoms with Gasteiger partial charge in [-0.25, -0.2) is 4.79 Å². The van der Waals surface area contributed by atoms with E-state index >= 15 is 0 Å². The first-order chi connectivity index (χ1) is 9.97. The van der Waals surface area contributed by atoms with Crippen LogP contribution in [0.25, 0.3) is 0 Å². The second-order valence-corrected chi connectivity index (χ2v) is 6.60. The molecule has 0 spiro atoms. The SMILES string of the molecule is CC(C)CC(CNC(=O)N1CCN(C2CC2)CC1)C(=O)O. The molecule has 1 aliphatic heterocycles. The summed E-state index contributed by atoms with van der Waals surface area (Å²) >= 11 is 0. The Bertz CT molecular complexity index is 374. The summed E-state index contributed by atoms with van der Waals surface area (Å²) in [5.74, 6) is -1.02. The van der Waals surface area contributed by atoms with Crippen molar-refractivity contribution in [3.8, 4) is 0 Å². The molecule has 21 heavy (non-hydrogen) atoms. The highest BCUT2D eigenvalue weighted by Gasteiger charge is 2.32. The zero-order valence-electron chi connectivity index (χ0n) is 13.0. The van der Waals surface area contributed by atoms with Gasteiger partial charge in [0.2, 0.25) is 0 Å². The first-order valence-electron chi connectivity index (χ1n) is 7.97. The molecule has 1 heterocycles. The van der Waals surface area contributed by atoms with Gasteiger partial charge in [0.1, 0.15) is 0 Å². The van der Waals surface area contributed by atoms with Crippen LogP contribution in [0.4, 0.5) is 4.79 Å². The van der Waals surface area contributed by atoms with E-state index in [1.54, 1.807) is 4.90 Å². The van der Waals surface area contributed by atoms with Crippen LogP contribution in [0.15, 0.2) is 0 Å². The molecule has 0 bridgehead atoms. The quantitative estimate of drug-likeness (QED) is 0.773. The van der Waals surface area contributed by atoms with Crippen LogP contribution in [0, 0.1) is 11.8 Å². The molecule has 6 heteroatoms. The summed E-state index contributed by atoms with van der Waals surface area (Å²) < 4.78 is 0. The Balaban J connectivity index is 1.72. The van der Waals surface area contributed by atoms with E-state index in [0.29, 0.717) is 12.3 Å². The molecule has 2 rings (SSSR count). The van der Waals surface area contributed by atoms with Crippen molar-refractivity contribution in [3.63, 3.8) is 0 Å². The van der Waals surface area contributed by atoms with Gasteiger partial charge in [0.25, 0.3) is 0 Å². The molecule has 0 aromatic rings. The second-order valence-electron chi connectivity index (χ2n) is 6.60. The van der Waals surface area contributed by atoms with Gasteiger partial charge >= 0.3 is 12.0 Å². The van der Waals surface area contributed by atoms with Crippen molar-refractivity contribution < 1.29 is 14.7 Å². The molecule has 0 aromatic carbocycles. The largest absolute Gasteiger partial charge is 0.481 e. The molecule has 1 saturated heterocycles. The number of carbonyl (C=O) groups excluding carboxylic acids is 1. The Morgan fingerprint density at radius 3 is 2.29 bits per heavy atom. The van der Waals surface area contributed by atoms with Crippen molar-refractivity contribution >= 4 is 12.0 Å². The fourth-order valence-corrected chi connectivity index (χ4v) is 2.89. The molecule has 1 atom stereocenters. The number of piperazine rings is 1. The maximum atomic E-state index is 12.1. The van der Waals surface area contributed by atoms with Gasteiger partial charge in [0.15, 0.2) is 0 Å². The summed E-state index contributed by atoms with van der Waals surface area (Å²) in [7, 11) is 0. The second kappa shape index (κ2) is 7.11. The van der Waals surface area contributed by atoms with Crippen molar-refractivity contribution in [1.82, 2.24) is 15.1 Å². The fourth-order valence-electron chi connectivity index (χ4n) is 2.89. The van der Waals surface area contributed by atoms with Crippen LogP contribution in [-0.2, 0) is 4.79 Å². The van der Waals surface area contributed by atoms with Crippen molar-refractivity contribution in [3.05, 3.63) is 0 Å². The summed E-state index contributed by atoms with van der Waals surface area (Å²) in [5.41, 5.74) is 0. The minimum Gasteiger partial charge on any atom is -0.481 e. The molecular weight excluding hydrogens is 270 g/mol. The monoisotopic (exact) mass is 297 g/mol. The summed E-state index contributed by atoms with van der Waals surface area (Å²) in [5, 5.41) is 12.0. The minimum atomic E-state index is -0.831. The van der Waals surface area contributed by atoms with Crippen molar-refractivity contribution in [2.45, 2.75) is 39.2 Å². The number of nitrogens with zero attached hydrogens (tertiary/aromatic N) is 2. The highest BCUT2D eigenvalue weighted by molar-refractivity contribution is 5.76. The lowest BCUT2D eigenvalue weighted by Crippen LogP contribution is -2.53. The van der Waals surface area contributed by atoms with Crippen LogP contribution in [-0.4, -0.2) is 65.7 Å². The lowest BCUT2D eigenvalue weighted by atomic mass is 9.97. The topological polar surface area (TPSA) is 72.9 Å². The van der Waals surface area contributed by atoms with E-state index in [0.717, 1.165) is 32.2 Å². The van der Waals surface area contributed by atoms with Crippen molar-refractivity contribution in [1.29, 1.82) is 0 Å². The number of rotatable bonds is 6. The molecule has 1 aliphatic carbocycles. The zero-order valence-corrected chi connectivity index (χ0v) is 13.0. The van der Waals surface area contributed by atoms with Crippen LogP contribution >= 0.6 is 0 Å². The van der Waals surface area contributed by atoms with Gasteiger partial charge < -0.3 is 15.3 Å². The molecule has 0 aromatic heterocycles. The predicted molar refractivity (Wildman–Crippen MR) is 80.1 cm³/mol. The summed E-state index contributed by atoms with van der Waals surface area (Å²) in [6.45, 7) is 7.56. The minimum absolute atomic E-state index is 0.125. The van der Waals surface area contributed by atoms with Crippen molar-refractivity contribution in [2.75, 3.05) is 32.7 Å². The molecule has 6 nitrogen and oxygen atoms in total. The van der Waals surface area contributed by atoms with Crippen LogP contribution in [0.3, 0.4) is 0 Å². The number of carboxylic acid groups (broad SMARTS) is 1. The fraction of sp³-hybridized carbons (Fsp3) is 0.867. The van der Waals surface area contributed by atoms with Gasteiger partial charge in [-0.15, -0.1) is 0 Å². The average Bonchev–Trinajstić information content (AvgIpc) is 3.27. The number of urea groups is 1. The normalized spacial score (nSPS) is 21.4. The standard InChI is InChI=1S/C15H27N3O3/c1-11(2)9-12(14(19)20)10-16-15(21)18-7-5-17(6-8-18)13-3-4-13/h11-13H,3-10H2,1-2H3,(H,16,21)(H,19,20). The van der Waals surface area contributed by atoms with Gasteiger partial charge in [-0.2, -0.15) is 0 Å². The number of amides is 2. The lowest BCUT2D eigenvalue weighted by molar-refractivity contribution is -0.142. The van der Waals surface area contributed by atoms with E-state index < -0.39 is 11.9 Å². The van der Waals surface area contributed by atoms with E-state index in [2.05, 4.69) is 10.2 Å². The number of aliphatic carboxylic acids is 1. The summed E-state index contributed by atoms with van der Waals surface area (Å²) in [6.07, 6.45) is 3.18. The van der Waals surface area contributed by atoms with Crippen LogP contribution in [0.2, 0.25) is 0 Å². The number of nitrogens with one attached hydrogen (secondary N) is 1. The van der Waals surface area contributed by atoms with Crippen molar-refractivity contribution in [2.24, 2.45) is 11.8 Å². The molecule has 2 N–H and O–H groups in total. The third-order valence-corrected chi connectivity index (χ3v) is 4.27. The summed E-state index contributed by atoms with van der Waals surface area (Å²) in [6, 6.07) is 0.623. The Morgan fingerprint density at radius 1 is 1.19 bits per heavy atom. The van der Waals surface area contributed by atoms with Crippen LogP contribution in [0.1, 0.15) is 33.1 Å². The van der Waals surface area contributed by atoms with Gasteiger partial charge in [0, 0.05) is 38.8 Å². The molecule has 120 valence electrons. The molecule has 2 aliphatic rings. The Kier molecular flexibility index (Phi) is 5.45. The van der Waals surface area contributed by atoms with E-state index in [4.69, 9.17) is 0 Å². The molecule has 1 saturated carbocycles. The first-order valence-corrected chi connectivity index (χ1v) is 7.97. The van der Waals surface area contributed by atoms with E-state index in [1.165, 1.54) is 12.8 Å². The van der Waals surface area contributed by atoms with Crippen LogP contribution < -0.4 is 5.32 Å². The number of carbonyl (C=O) groups is 2. The number of carboxylic acids is 1. The van der Waals surface area contributed by atoms with E-state index in [9.17, 15) is 14.7 Å². The van der Waals surface area contributed by atoms with Gasteiger partial charge in [-0.3, -0.25) is 9.69 Å². The Hall–Kier alpha value is -1.30. The third-order valence-electron chi connectivity index (χ3n) is 4.27. The Labute approximate surface area is 126 Å². The molecule has 2 fully saturated rings. The first kappa shape index (κ1) is 16.1. The van der Waals surface area contributed by atoms with Gasteiger partial charge in [0.05, 0.1) is 5.92 Å². The van der Waals surface area contributed by atoms with Gasteiger partial charge in [-0.05, 0) is 25.2 Å². The van der Waals surface area contributed by atoms with E-state index in [1.807, 2.05) is 13.8 Å². The number of hydrogen-bond donors (Lipinski definition) is 2. The lowest BCUT2D eigenvalue weighted by Gasteiger charge is -2.35. The predicted octanol–water partition coefficient (Wildman–Crippen LogP) is 1.22. The molecule has 2 amide bonds. The average molecular weight is 297 g/mol. The maximum Gasteiger partial charge on any atom is 0.317 e. The smallest absolute Gasteiger partial charge is 0.317 e. The molecule has 0 radical (unpaired) electrons. The highest BCUT2D eigenvalue weighted by Crippen LogP contribution is 2.27. The maximum absolute atomic E-state index is 12.1. The molecular formula is C15H27N3O3. The third kappa shape index (κ3) is 4.88. The molecule has 1 unspecified atom stereocenters. The Morgan fingerprint density at radius 2 is 1.81 bits per heavy atom. The van der Waals surface area contributed by atoms with E-state index in [-0.39, 0.29) is 12.6 Å². The highest BCUT2D eigenvalue weighted by atomic mass is 16.4. The number of hydrogen-bond acceptors (Lipinski definition) is 3. The van der Waals surface area contributed by atoms with Gasteiger partial charge in [-0.1, -0.05) is 13.8 Å². The van der Waals surface area contributed by atoms with Crippen LogP contribution in [0.5, 0.6) is 0 Å².